The maximum Gasteiger partial charge on any atom is 0.114 e. The van der Waals surface area contributed by atoms with Gasteiger partial charge in [0.05, 0.1) is 12.2 Å². The number of nitriles is 1. The van der Waals surface area contributed by atoms with Crippen LogP contribution in [0.25, 0.3) is 0 Å². The number of hydrogen-bond acceptors (Lipinski definition) is 3. The number of aliphatic hydroxyl groups is 1. The Bertz CT molecular complexity index is 490. The van der Waals surface area contributed by atoms with E-state index in [1.165, 1.54) is 0 Å². The van der Waals surface area contributed by atoms with Crippen LogP contribution in [-0.4, -0.2) is 23.9 Å². The van der Waals surface area contributed by atoms with Gasteiger partial charge >= 0.3 is 0 Å². The van der Waals surface area contributed by atoms with E-state index in [1.807, 2.05) is 24.3 Å². The molecule has 3 atom stereocenters. The Hall–Kier alpha value is -1.37. The molecule has 1 N–H and O–H groups in total. The highest BCUT2D eigenvalue weighted by Crippen LogP contribution is 2.47. The van der Waals surface area contributed by atoms with Crippen LogP contribution in [0.2, 0.25) is 0 Å². The first-order valence-corrected chi connectivity index (χ1v) is 6.24. The van der Waals surface area contributed by atoms with Crippen LogP contribution in [0.4, 0.5) is 0 Å². The topological polar surface area (TPSA) is 53.2 Å². The van der Waals surface area contributed by atoms with E-state index < -0.39 is 17.1 Å². The first kappa shape index (κ1) is 13.1. The smallest absolute Gasteiger partial charge is 0.114 e. The number of nitrogens with zero attached hydrogens (tertiary/aromatic N) is 1. The summed E-state index contributed by atoms with van der Waals surface area (Å²) < 4.78 is 5.27. The molecule has 1 aromatic rings. The number of methoxy groups -OCH3 is 1. The van der Waals surface area contributed by atoms with Crippen molar-refractivity contribution in [2.24, 2.45) is 0 Å². The molecule has 3 nitrogen and oxygen atoms in total. The Balaban J connectivity index is 2.56. The standard InChI is InChI=1S/C15H19NO2/c1-11(18-3)14(2,17)15(10-16)9-8-12-6-4-5-7-13(12)15/h4-7,11,17H,8-9H2,1-3H3. The third-order valence-corrected chi connectivity index (χ3v) is 4.45. The molecule has 96 valence electrons. The van der Waals surface area contributed by atoms with E-state index in [9.17, 15) is 10.4 Å². The predicted octanol–water partition coefficient (Wildman–Crippen LogP) is 2.18. The maximum absolute atomic E-state index is 10.8. The number of fused-ring (bicyclic) bond motifs is 1. The monoisotopic (exact) mass is 245 g/mol. The van der Waals surface area contributed by atoms with E-state index in [4.69, 9.17) is 4.74 Å². The third kappa shape index (κ3) is 1.57. The van der Waals surface area contributed by atoms with Crippen molar-refractivity contribution in [1.29, 1.82) is 5.26 Å². The van der Waals surface area contributed by atoms with Crippen LogP contribution >= 0.6 is 0 Å². The highest BCUT2D eigenvalue weighted by atomic mass is 16.5. The molecule has 2 rings (SSSR count). The summed E-state index contributed by atoms with van der Waals surface area (Å²) in [6, 6.07) is 10.2. The van der Waals surface area contributed by atoms with Crippen molar-refractivity contribution in [2.45, 2.75) is 43.8 Å². The minimum absolute atomic E-state index is 0.400. The van der Waals surface area contributed by atoms with Gasteiger partial charge < -0.3 is 9.84 Å². The summed E-state index contributed by atoms with van der Waals surface area (Å²) in [6.45, 7) is 3.51. The highest BCUT2D eigenvalue weighted by Gasteiger charge is 2.55. The Labute approximate surface area is 108 Å². The molecule has 1 aliphatic rings. The first-order valence-electron chi connectivity index (χ1n) is 6.24. The minimum Gasteiger partial charge on any atom is -0.385 e. The molecule has 1 aliphatic carbocycles. The molecular formula is C15H19NO2. The Morgan fingerprint density at radius 1 is 1.50 bits per heavy atom. The lowest BCUT2D eigenvalue weighted by atomic mass is 9.67. The van der Waals surface area contributed by atoms with Gasteiger partial charge in [-0.2, -0.15) is 5.26 Å². The summed E-state index contributed by atoms with van der Waals surface area (Å²) >= 11 is 0. The Morgan fingerprint density at radius 2 is 2.17 bits per heavy atom. The lowest BCUT2D eigenvalue weighted by molar-refractivity contribution is -0.107. The fourth-order valence-corrected chi connectivity index (χ4v) is 2.94. The highest BCUT2D eigenvalue weighted by molar-refractivity contribution is 5.47. The summed E-state index contributed by atoms with van der Waals surface area (Å²) in [4.78, 5) is 0. The van der Waals surface area contributed by atoms with Crippen molar-refractivity contribution < 1.29 is 9.84 Å². The van der Waals surface area contributed by atoms with Crippen molar-refractivity contribution in [3.63, 3.8) is 0 Å². The van der Waals surface area contributed by atoms with Gasteiger partial charge in [0.1, 0.15) is 11.0 Å². The van der Waals surface area contributed by atoms with E-state index in [2.05, 4.69) is 6.07 Å². The summed E-state index contributed by atoms with van der Waals surface area (Å²) in [5.41, 5.74) is 0.0197. The normalized spacial score (nSPS) is 27.1. The summed E-state index contributed by atoms with van der Waals surface area (Å²) in [6.07, 6.45) is 1.07. The van der Waals surface area contributed by atoms with Gasteiger partial charge in [-0.05, 0) is 37.8 Å². The van der Waals surface area contributed by atoms with Crippen LogP contribution in [0.1, 0.15) is 31.4 Å². The van der Waals surface area contributed by atoms with E-state index in [1.54, 1.807) is 21.0 Å². The molecule has 0 spiro atoms. The fraction of sp³-hybridized carbons (Fsp3) is 0.533. The minimum atomic E-state index is -1.21. The average Bonchev–Trinajstić information content (AvgIpc) is 2.78. The van der Waals surface area contributed by atoms with Gasteiger partial charge in [-0.15, -0.1) is 0 Å². The molecule has 0 fully saturated rings. The van der Waals surface area contributed by atoms with E-state index >= 15 is 0 Å². The van der Waals surface area contributed by atoms with Crippen molar-refractivity contribution >= 4 is 0 Å². The lowest BCUT2D eigenvalue weighted by Crippen LogP contribution is -2.55. The molecule has 0 saturated carbocycles. The van der Waals surface area contributed by atoms with E-state index in [0.29, 0.717) is 6.42 Å². The van der Waals surface area contributed by atoms with Gasteiger partial charge in [-0.1, -0.05) is 24.3 Å². The molecule has 0 aromatic heterocycles. The molecule has 1 aromatic carbocycles. The fourth-order valence-electron chi connectivity index (χ4n) is 2.94. The van der Waals surface area contributed by atoms with Crippen LogP contribution in [-0.2, 0) is 16.6 Å². The number of rotatable bonds is 3. The van der Waals surface area contributed by atoms with Gasteiger partial charge in [0.25, 0.3) is 0 Å². The molecule has 0 aliphatic heterocycles. The molecule has 0 bridgehead atoms. The van der Waals surface area contributed by atoms with Crippen LogP contribution in [0, 0.1) is 11.3 Å². The molecule has 18 heavy (non-hydrogen) atoms. The van der Waals surface area contributed by atoms with Crippen molar-refractivity contribution in [1.82, 2.24) is 0 Å². The zero-order valence-electron chi connectivity index (χ0n) is 11.1. The number of aryl methyl sites for hydroxylation is 1. The van der Waals surface area contributed by atoms with Crippen LogP contribution in [0.5, 0.6) is 0 Å². The molecule has 0 heterocycles. The summed E-state index contributed by atoms with van der Waals surface area (Å²) in [7, 11) is 1.56. The predicted molar refractivity (Wildman–Crippen MR) is 69.1 cm³/mol. The van der Waals surface area contributed by atoms with Gasteiger partial charge in [0.15, 0.2) is 0 Å². The summed E-state index contributed by atoms with van der Waals surface area (Å²) in [5.74, 6) is 0. The average molecular weight is 245 g/mol. The summed E-state index contributed by atoms with van der Waals surface area (Å²) in [5, 5.41) is 20.5. The number of ether oxygens (including phenoxy) is 1. The SMILES string of the molecule is COC(C)C(C)(O)C1(C#N)CCc2ccccc21. The largest absolute Gasteiger partial charge is 0.385 e. The number of benzene rings is 1. The second-order valence-corrected chi connectivity index (χ2v) is 5.20. The van der Waals surface area contributed by atoms with Crippen LogP contribution in [0.15, 0.2) is 24.3 Å². The van der Waals surface area contributed by atoms with E-state index in [-0.39, 0.29) is 0 Å². The number of hydrogen-bond donors (Lipinski definition) is 1. The molecule has 0 radical (unpaired) electrons. The third-order valence-electron chi connectivity index (χ3n) is 4.45. The van der Waals surface area contributed by atoms with Crippen molar-refractivity contribution in [2.75, 3.05) is 7.11 Å². The maximum atomic E-state index is 10.8. The second-order valence-electron chi connectivity index (χ2n) is 5.20. The molecular weight excluding hydrogens is 226 g/mol. The van der Waals surface area contributed by atoms with Gasteiger partial charge in [0.2, 0.25) is 0 Å². The van der Waals surface area contributed by atoms with Gasteiger partial charge in [-0.3, -0.25) is 0 Å². The molecule has 3 heteroatoms. The quantitative estimate of drug-likeness (QED) is 0.888. The molecule has 0 amide bonds. The van der Waals surface area contributed by atoms with E-state index in [0.717, 1.165) is 17.5 Å². The van der Waals surface area contributed by atoms with Crippen molar-refractivity contribution in [3.05, 3.63) is 35.4 Å². The lowest BCUT2D eigenvalue weighted by Gasteiger charge is -2.41. The molecule has 0 saturated heterocycles. The zero-order valence-corrected chi connectivity index (χ0v) is 11.1. The van der Waals surface area contributed by atoms with Gasteiger partial charge in [0, 0.05) is 7.11 Å². The van der Waals surface area contributed by atoms with Gasteiger partial charge in [-0.25, -0.2) is 0 Å². The Kier molecular flexibility index (Phi) is 3.18. The van der Waals surface area contributed by atoms with Crippen molar-refractivity contribution in [3.8, 4) is 6.07 Å². The van der Waals surface area contributed by atoms with Crippen LogP contribution < -0.4 is 0 Å². The first-order chi connectivity index (χ1) is 8.49. The molecule has 3 unspecified atom stereocenters. The Morgan fingerprint density at radius 3 is 2.78 bits per heavy atom. The van der Waals surface area contributed by atoms with Crippen LogP contribution in [0.3, 0.4) is 0 Å². The second kappa shape index (κ2) is 4.38. The zero-order chi connectivity index (χ0) is 13.4.